The molecule has 0 radical (unpaired) electrons. The lowest BCUT2D eigenvalue weighted by atomic mass is 9.93. The molecule has 0 aromatic heterocycles. The van der Waals surface area contributed by atoms with E-state index in [1.807, 2.05) is 0 Å². The molecule has 2 unspecified atom stereocenters. The van der Waals surface area contributed by atoms with Gasteiger partial charge in [-0.2, -0.15) is 0 Å². The monoisotopic (exact) mass is 247 g/mol. The fourth-order valence-electron chi connectivity index (χ4n) is 2.58. The summed E-state index contributed by atoms with van der Waals surface area (Å²) in [6.45, 7) is 8.65. The Hall–Kier alpha value is -1.02. The van der Waals surface area contributed by atoms with Crippen LogP contribution in [0.3, 0.4) is 0 Å². The molecule has 1 aliphatic heterocycles. The normalized spacial score (nSPS) is 17.1. The lowest BCUT2D eigenvalue weighted by molar-refractivity contribution is 0.356. The topological polar surface area (TPSA) is 21.3 Å². The maximum atomic E-state index is 5.58. The summed E-state index contributed by atoms with van der Waals surface area (Å²) in [6, 6.07) is 7.17. The lowest BCUT2D eigenvalue weighted by Gasteiger charge is -2.22. The van der Waals surface area contributed by atoms with Crippen LogP contribution in [0.1, 0.15) is 50.8 Å². The van der Waals surface area contributed by atoms with E-state index in [2.05, 4.69) is 44.3 Å². The Morgan fingerprint density at radius 1 is 1.33 bits per heavy atom. The molecule has 0 saturated heterocycles. The predicted molar refractivity (Wildman–Crippen MR) is 76.1 cm³/mol. The minimum atomic E-state index is 0.482. The van der Waals surface area contributed by atoms with Gasteiger partial charge in [0.05, 0.1) is 6.61 Å². The number of fused-ring (bicyclic) bond motifs is 1. The van der Waals surface area contributed by atoms with Crippen LogP contribution in [-0.2, 0) is 6.42 Å². The van der Waals surface area contributed by atoms with E-state index in [0.29, 0.717) is 6.04 Å². The first-order valence-corrected chi connectivity index (χ1v) is 7.23. The summed E-state index contributed by atoms with van der Waals surface area (Å²) in [5.41, 5.74) is 2.79. The highest BCUT2D eigenvalue weighted by Gasteiger charge is 2.17. The van der Waals surface area contributed by atoms with Crippen LogP contribution in [0.5, 0.6) is 5.75 Å². The van der Waals surface area contributed by atoms with Crippen molar-refractivity contribution < 1.29 is 4.74 Å². The van der Waals surface area contributed by atoms with Gasteiger partial charge in [0.15, 0.2) is 0 Å². The SMILES string of the molecule is CCNC(CC(C)CC)c1ccc2c(c1)CCO2. The zero-order chi connectivity index (χ0) is 13.0. The van der Waals surface area contributed by atoms with E-state index in [9.17, 15) is 0 Å². The van der Waals surface area contributed by atoms with Crippen LogP contribution in [0.4, 0.5) is 0 Å². The van der Waals surface area contributed by atoms with Crippen molar-refractivity contribution in [3.63, 3.8) is 0 Å². The van der Waals surface area contributed by atoms with Crippen LogP contribution in [0.25, 0.3) is 0 Å². The molecule has 100 valence electrons. The Labute approximate surface area is 111 Å². The molecular weight excluding hydrogens is 222 g/mol. The first-order valence-electron chi connectivity index (χ1n) is 7.23. The largest absolute Gasteiger partial charge is 0.493 e. The number of hydrogen-bond acceptors (Lipinski definition) is 2. The molecule has 0 spiro atoms. The van der Waals surface area contributed by atoms with Crippen molar-refractivity contribution >= 4 is 0 Å². The summed E-state index contributed by atoms with van der Waals surface area (Å²) < 4.78 is 5.58. The van der Waals surface area contributed by atoms with Gasteiger partial charge in [0.2, 0.25) is 0 Å². The van der Waals surface area contributed by atoms with E-state index in [1.54, 1.807) is 0 Å². The van der Waals surface area contributed by atoms with Crippen molar-refractivity contribution in [2.75, 3.05) is 13.2 Å². The average molecular weight is 247 g/mol. The maximum Gasteiger partial charge on any atom is 0.122 e. The Bertz CT molecular complexity index is 389. The minimum Gasteiger partial charge on any atom is -0.493 e. The molecule has 1 aromatic rings. The van der Waals surface area contributed by atoms with Crippen LogP contribution in [0, 0.1) is 5.92 Å². The molecule has 2 heteroatoms. The summed E-state index contributed by atoms with van der Waals surface area (Å²) >= 11 is 0. The molecule has 2 atom stereocenters. The molecule has 1 aliphatic rings. The van der Waals surface area contributed by atoms with E-state index in [1.165, 1.54) is 24.0 Å². The molecule has 1 aromatic carbocycles. The molecule has 2 rings (SSSR count). The van der Waals surface area contributed by atoms with E-state index < -0.39 is 0 Å². The second-order valence-corrected chi connectivity index (χ2v) is 5.33. The summed E-state index contributed by atoms with van der Waals surface area (Å²) in [4.78, 5) is 0. The number of rotatable bonds is 6. The quantitative estimate of drug-likeness (QED) is 0.827. The van der Waals surface area contributed by atoms with Crippen molar-refractivity contribution in [1.82, 2.24) is 5.32 Å². The number of ether oxygens (including phenoxy) is 1. The summed E-state index contributed by atoms with van der Waals surface area (Å²) in [5.74, 6) is 1.84. The third-order valence-corrected chi connectivity index (χ3v) is 3.90. The average Bonchev–Trinajstić information content (AvgIpc) is 2.85. The fourth-order valence-corrected chi connectivity index (χ4v) is 2.58. The van der Waals surface area contributed by atoms with Gasteiger partial charge in [0.1, 0.15) is 5.75 Å². The molecule has 18 heavy (non-hydrogen) atoms. The summed E-state index contributed by atoms with van der Waals surface area (Å²) in [5, 5.41) is 3.61. The van der Waals surface area contributed by atoms with Gasteiger partial charge in [-0.25, -0.2) is 0 Å². The van der Waals surface area contributed by atoms with Crippen molar-refractivity contribution in [3.8, 4) is 5.75 Å². The second kappa shape index (κ2) is 6.24. The molecule has 1 N–H and O–H groups in total. The van der Waals surface area contributed by atoms with Gasteiger partial charge in [-0.3, -0.25) is 0 Å². The minimum absolute atomic E-state index is 0.482. The van der Waals surface area contributed by atoms with Gasteiger partial charge in [-0.15, -0.1) is 0 Å². The Balaban J connectivity index is 2.14. The zero-order valence-electron chi connectivity index (χ0n) is 11.8. The first kappa shape index (κ1) is 13.4. The van der Waals surface area contributed by atoms with Gasteiger partial charge in [-0.05, 0) is 36.1 Å². The van der Waals surface area contributed by atoms with Crippen LogP contribution >= 0.6 is 0 Å². The van der Waals surface area contributed by atoms with Gasteiger partial charge < -0.3 is 10.1 Å². The zero-order valence-corrected chi connectivity index (χ0v) is 11.8. The molecule has 0 bridgehead atoms. The first-order chi connectivity index (χ1) is 8.74. The number of benzene rings is 1. The predicted octanol–water partition coefficient (Wildman–Crippen LogP) is 3.71. The van der Waals surface area contributed by atoms with Crippen LogP contribution < -0.4 is 10.1 Å². The van der Waals surface area contributed by atoms with Gasteiger partial charge >= 0.3 is 0 Å². The lowest BCUT2D eigenvalue weighted by Crippen LogP contribution is -2.22. The van der Waals surface area contributed by atoms with E-state index >= 15 is 0 Å². The van der Waals surface area contributed by atoms with Gasteiger partial charge in [0.25, 0.3) is 0 Å². The molecule has 0 aliphatic carbocycles. The van der Waals surface area contributed by atoms with Crippen molar-refractivity contribution in [2.24, 2.45) is 5.92 Å². The molecule has 0 amide bonds. The van der Waals surface area contributed by atoms with Crippen LogP contribution in [0.15, 0.2) is 18.2 Å². The Kier molecular flexibility index (Phi) is 4.65. The Morgan fingerprint density at radius 3 is 2.89 bits per heavy atom. The third-order valence-electron chi connectivity index (χ3n) is 3.90. The molecule has 0 saturated carbocycles. The molecular formula is C16H25NO. The van der Waals surface area contributed by atoms with Crippen molar-refractivity contribution in [2.45, 2.75) is 46.1 Å². The second-order valence-electron chi connectivity index (χ2n) is 5.33. The number of nitrogens with one attached hydrogen (secondary N) is 1. The summed E-state index contributed by atoms with van der Waals surface area (Å²) in [7, 11) is 0. The molecule has 0 fully saturated rings. The van der Waals surface area contributed by atoms with Crippen molar-refractivity contribution in [3.05, 3.63) is 29.3 Å². The highest BCUT2D eigenvalue weighted by atomic mass is 16.5. The fraction of sp³-hybridized carbons (Fsp3) is 0.625. The number of hydrogen-bond donors (Lipinski definition) is 1. The third kappa shape index (κ3) is 3.05. The van der Waals surface area contributed by atoms with E-state index in [-0.39, 0.29) is 0 Å². The molecule has 1 heterocycles. The smallest absolute Gasteiger partial charge is 0.122 e. The highest BCUT2D eigenvalue weighted by Crippen LogP contribution is 2.30. The Morgan fingerprint density at radius 2 is 2.17 bits per heavy atom. The highest BCUT2D eigenvalue weighted by molar-refractivity contribution is 5.40. The van der Waals surface area contributed by atoms with Crippen molar-refractivity contribution in [1.29, 1.82) is 0 Å². The van der Waals surface area contributed by atoms with E-state index in [4.69, 9.17) is 4.74 Å². The maximum absolute atomic E-state index is 5.58. The standard InChI is InChI=1S/C16H25NO/c1-4-12(3)10-15(17-5-2)13-6-7-16-14(11-13)8-9-18-16/h6-7,11-12,15,17H,4-5,8-10H2,1-3H3. The van der Waals surface area contributed by atoms with Crippen LogP contribution in [-0.4, -0.2) is 13.2 Å². The van der Waals surface area contributed by atoms with Gasteiger partial charge in [-0.1, -0.05) is 39.3 Å². The van der Waals surface area contributed by atoms with Crippen LogP contribution in [0.2, 0.25) is 0 Å². The molecule has 2 nitrogen and oxygen atoms in total. The van der Waals surface area contributed by atoms with Gasteiger partial charge in [0, 0.05) is 12.5 Å². The summed E-state index contributed by atoms with van der Waals surface area (Å²) in [6.07, 6.45) is 3.52. The van der Waals surface area contributed by atoms with E-state index in [0.717, 1.165) is 31.2 Å².